The number of benzene rings is 1. The summed E-state index contributed by atoms with van der Waals surface area (Å²) < 4.78 is 28.7. The number of alkyl halides is 2. The monoisotopic (exact) mass is 372 g/mol. The van der Waals surface area contributed by atoms with Crippen LogP contribution in [-0.4, -0.2) is 23.0 Å². The van der Waals surface area contributed by atoms with Crippen molar-refractivity contribution in [1.82, 2.24) is 15.3 Å². The van der Waals surface area contributed by atoms with Gasteiger partial charge < -0.3 is 15.4 Å². The Labute approximate surface area is 155 Å². The number of nitrogens with one attached hydrogen (secondary N) is 2. The van der Waals surface area contributed by atoms with Crippen molar-refractivity contribution in [2.75, 3.05) is 5.32 Å². The van der Waals surface area contributed by atoms with E-state index in [4.69, 9.17) is 0 Å². The van der Waals surface area contributed by atoms with Crippen LogP contribution in [0, 0.1) is 0 Å². The smallest absolute Gasteiger partial charge is 0.387 e. The summed E-state index contributed by atoms with van der Waals surface area (Å²) in [6.07, 6.45) is 5.32. The van der Waals surface area contributed by atoms with E-state index < -0.39 is 6.61 Å². The van der Waals surface area contributed by atoms with E-state index in [2.05, 4.69) is 38.5 Å². The van der Waals surface area contributed by atoms with Gasteiger partial charge in [0, 0.05) is 29.4 Å². The first-order valence-electron chi connectivity index (χ1n) is 7.80. The van der Waals surface area contributed by atoms with Crippen molar-refractivity contribution in [3.63, 3.8) is 0 Å². The Morgan fingerprint density at radius 1 is 1.15 bits per heavy atom. The molecule has 140 valence electrons. The van der Waals surface area contributed by atoms with Gasteiger partial charge in [0.1, 0.15) is 5.75 Å². The minimum Gasteiger partial charge on any atom is -0.435 e. The maximum atomic E-state index is 12.2. The zero-order valence-electron chi connectivity index (χ0n) is 14.6. The predicted octanol–water partition coefficient (Wildman–Crippen LogP) is 3.88. The summed E-state index contributed by atoms with van der Waals surface area (Å²) in [6, 6.07) is 6.16. The summed E-state index contributed by atoms with van der Waals surface area (Å²) in [5.41, 5.74) is 3.10. The molecule has 0 spiro atoms. The zero-order valence-corrected chi connectivity index (χ0v) is 14.6. The molecule has 2 rings (SSSR count). The molecule has 27 heavy (non-hydrogen) atoms. The van der Waals surface area contributed by atoms with E-state index in [0.717, 1.165) is 5.56 Å². The van der Waals surface area contributed by atoms with E-state index in [-0.39, 0.29) is 5.75 Å². The molecule has 1 aromatic heterocycles. The lowest BCUT2D eigenvalue weighted by molar-refractivity contribution is -0.108. The van der Waals surface area contributed by atoms with Crippen molar-refractivity contribution >= 4 is 12.4 Å². The van der Waals surface area contributed by atoms with Crippen molar-refractivity contribution in [3.05, 3.63) is 72.9 Å². The number of carbonyl (C=O) groups is 1. The molecular formula is C19H18F2N4O2. The van der Waals surface area contributed by atoms with E-state index in [1.54, 1.807) is 37.5 Å². The molecule has 1 amide bonds. The first-order chi connectivity index (χ1) is 12.9. The van der Waals surface area contributed by atoms with Gasteiger partial charge in [0.05, 0.1) is 0 Å². The van der Waals surface area contributed by atoms with Crippen LogP contribution in [0.5, 0.6) is 5.75 Å². The molecule has 8 heteroatoms. The van der Waals surface area contributed by atoms with Gasteiger partial charge in [0.25, 0.3) is 0 Å². The molecule has 0 bridgehead atoms. The average molecular weight is 372 g/mol. The maximum absolute atomic E-state index is 12.2. The minimum absolute atomic E-state index is 0.0771. The lowest BCUT2D eigenvalue weighted by atomic mass is 10.1. The van der Waals surface area contributed by atoms with Gasteiger partial charge in [-0.1, -0.05) is 25.3 Å². The van der Waals surface area contributed by atoms with Gasteiger partial charge in [-0.2, -0.15) is 8.78 Å². The second-order valence-electron chi connectivity index (χ2n) is 5.45. The van der Waals surface area contributed by atoms with Gasteiger partial charge >= 0.3 is 6.61 Å². The van der Waals surface area contributed by atoms with E-state index in [1.807, 2.05) is 0 Å². The van der Waals surface area contributed by atoms with Gasteiger partial charge in [0.15, 0.2) is 0 Å². The number of nitrogens with zero attached hydrogens (tertiary/aromatic N) is 2. The lowest BCUT2D eigenvalue weighted by Gasteiger charge is -2.09. The van der Waals surface area contributed by atoms with Gasteiger partial charge in [-0.25, -0.2) is 9.97 Å². The molecule has 2 aromatic rings. The molecule has 0 radical (unpaired) electrons. The van der Waals surface area contributed by atoms with Gasteiger partial charge in [-0.05, 0) is 36.3 Å². The summed E-state index contributed by atoms with van der Waals surface area (Å²) >= 11 is 0. The molecule has 6 nitrogen and oxygen atoms in total. The summed E-state index contributed by atoms with van der Waals surface area (Å²) in [4.78, 5) is 19.0. The molecule has 0 unspecified atom stereocenters. The number of allylic oxidation sites excluding steroid dienone is 2. The molecule has 0 aliphatic heterocycles. The van der Waals surface area contributed by atoms with Crippen LogP contribution in [0.3, 0.4) is 0 Å². The molecule has 0 aliphatic carbocycles. The number of hydrogen-bond donors (Lipinski definition) is 2. The SMILES string of the molecule is C=C(/C=C(/NC=O)C(=C)C)Nc1ncc(-c2ccc(OC(F)F)cc2)cn1. The number of aromatic nitrogens is 2. The number of rotatable bonds is 9. The largest absolute Gasteiger partial charge is 0.435 e. The van der Waals surface area contributed by atoms with Crippen LogP contribution in [0.2, 0.25) is 0 Å². The summed E-state index contributed by atoms with van der Waals surface area (Å²) in [6.45, 7) is 6.48. The zero-order chi connectivity index (χ0) is 19.8. The minimum atomic E-state index is -2.86. The highest BCUT2D eigenvalue weighted by molar-refractivity contribution is 5.63. The number of anilines is 1. The molecule has 0 atom stereocenters. The fourth-order valence-corrected chi connectivity index (χ4v) is 2.08. The van der Waals surface area contributed by atoms with Crippen LogP contribution < -0.4 is 15.4 Å². The molecule has 0 saturated carbocycles. The summed E-state index contributed by atoms with van der Waals surface area (Å²) in [5.74, 6) is 0.387. The van der Waals surface area contributed by atoms with Crippen molar-refractivity contribution in [1.29, 1.82) is 0 Å². The van der Waals surface area contributed by atoms with Crippen molar-refractivity contribution < 1.29 is 18.3 Å². The Morgan fingerprint density at radius 3 is 2.30 bits per heavy atom. The number of carbonyl (C=O) groups excluding carboxylic acids is 1. The fraction of sp³-hybridized carbons (Fsp3) is 0.105. The molecule has 1 heterocycles. The van der Waals surface area contributed by atoms with Gasteiger partial charge in [-0.3, -0.25) is 4.79 Å². The van der Waals surface area contributed by atoms with Crippen molar-refractivity contribution in [2.45, 2.75) is 13.5 Å². The second kappa shape index (κ2) is 9.23. The topological polar surface area (TPSA) is 76.1 Å². The van der Waals surface area contributed by atoms with Gasteiger partial charge in [-0.15, -0.1) is 0 Å². The third-order valence-corrected chi connectivity index (χ3v) is 3.33. The highest BCUT2D eigenvalue weighted by Crippen LogP contribution is 2.22. The molecule has 2 N–H and O–H groups in total. The summed E-state index contributed by atoms with van der Waals surface area (Å²) in [7, 11) is 0. The van der Waals surface area contributed by atoms with Crippen LogP contribution in [0.25, 0.3) is 11.1 Å². The Kier molecular flexibility index (Phi) is 6.76. The van der Waals surface area contributed by atoms with E-state index in [9.17, 15) is 13.6 Å². The number of ether oxygens (including phenoxy) is 1. The Balaban J connectivity index is 2.06. The fourth-order valence-electron chi connectivity index (χ4n) is 2.08. The van der Waals surface area contributed by atoms with Crippen molar-refractivity contribution in [2.24, 2.45) is 0 Å². The Hall–Kier alpha value is -3.55. The quantitative estimate of drug-likeness (QED) is 0.516. The molecular weight excluding hydrogens is 354 g/mol. The van der Waals surface area contributed by atoms with E-state index >= 15 is 0 Å². The molecule has 0 saturated heterocycles. The lowest BCUT2D eigenvalue weighted by Crippen LogP contribution is -2.12. The second-order valence-corrected chi connectivity index (χ2v) is 5.45. The van der Waals surface area contributed by atoms with Crippen LogP contribution >= 0.6 is 0 Å². The highest BCUT2D eigenvalue weighted by atomic mass is 19.3. The van der Waals surface area contributed by atoms with E-state index in [1.165, 1.54) is 12.1 Å². The van der Waals surface area contributed by atoms with Crippen LogP contribution in [0.4, 0.5) is 14.7 Å². The third-order valence-electron chi connectivity index (χ3n) is 3.33. The maximum Gasteiger partial charge on any atom is 0.387 e. The average Bonchev–Trinajstić information content (AvgIpc) is 2.62. The summed E-state index contributed by atoms with van der Waals surface area (Å²) in [5, 5.41) is 5.43. The standard InChI is InChI=1S/C19H18F2N4O2/c1-12(2)17(24-11-26)8-13(3)25-19-22-9-15(10-23-19)14-4-6-16(7-5-14)27-18(20)21/h4-11,18H,1,3H2,2H3,(H,24,26)(H,22,23,25)/b17-8+. The third kappa shape index (κ3) is 6.03. The first-order valence-corrected chi connectivity index (χ1v) is 7.80. The molecule has 1 aromatic carbocycles. The van der Waals surface area contributed by atoms with Crippen LogP contribution in [-0.2, 0) is 4.79 Å². The number of hydrogen-bond acceptors (Lipinski definition) is 5. The van der Waals surface area contributed by atoms with Gasteiger partial charge in [0.2, 0.25) is 12.4 Å². The highest BCUT2D eigenvalue weighted by Gasteiger charge is 2.06. The van der Waals surface area contributed by atoms with E-state index in [0.29, 0.717) is 34.9 Å². The predicted molar refractivity (Wildman–Crippen MR) is 99.0 cm³/mol. The van der Waals surface area contributed by atoms with Crippen LogP contribution in [0.1, 0.15) is 6.92 Å². The Bertz CT molecular complexity index is 847. The first kappa shape index (κ1) is 19.8. The molecule has 0 fully saturated rings. The normalized spacial score (nSPS) is 11.0. The van der Waals surface area contributed by atoms with Crippen molar-refractivity contribution in [3.8, 4) is 16.9 Å². The van der Waals surface area contributed by atoms with Crippen LogP contribution in [0.15, 0.2) is 72.9 Å². The number of halogens is 2. The Morgan fingerprint density at radius 2 is 1.78 bits per heavy atom. The number of amides is 1. The molecule has 0 aliphatic rings.